The smallest absolute Gasteiger partial charge is 0.241 e. The SMILES string of the molecule is CNCc1sccc1S(=O)(=O)NCC1CCCCS1. The van der Waals surface area contributed by atoms with E-state index >= 15 is 0 Å². The second kappa shape index (κ2) is 7.08. The maximum atomic E-state index is 12.3. The third-order valence-electron chi connectivity index (χ3n) is 3.11. The predicted octanol–water partition coefficient (Wildman–Crippen LogP) is 2.03. The molecule has 0 radical (unpaired) electrons. The van der Waals surface area contributed by atoms with Crippen LogP contribution >= 0.6 is 23.1 Å². The third kappa shape index (κ3) is 4.19. The van der Waals surface area contributed by atoms with E-state index in [0.717, 1.165) is 17.1 Å². The van der Waals surface area contributed by atoms with Gasteiger partial charge in [-0.25, -0.2) is 13.1 Å². The molecule has 4 nitrogen and oxygen atoms in total. The van der Waals surface area contributed by atoms with Gasteiger partial charge in [-0.3, -0.25) is 0 Å². The van der Waals surface area contributed by atoms with E-state index in [2.05, 4.69) is 10.0 Å². The van der Waals surface area contributed by atoms with Gasteiger partial charge in [-0.2, -0.15) is 11.8 Å². The van der Waals surface area contributed by atoms with E-state index in [1.807, 2.05) is 24.2 Å². The fourth-order valence-electron chi connectivity index (χ4n) is 2.11. The molecule has 0 amide bonds. The van der Waals surface area contributed by atoms with Crippen LogP contribution < -0.4 is 10.0 Å². The topological polar surface area (TPSA) is 58.2 Å². The molecule has 1 fully saturated rings. The monoisotopic (exact) mass is 320 g/mol. The summed E-state index contributed by atoms with van der Waals surface area (Å²) in [5.74, 6) is 1.15. The summed E-state index contributed by atoms with van der Waals surface area (Å²) < 4.78 is 27.3. The largest absolute Gasteiger partial charge is 0.315 e. The van der Waals surface area contributed by atoms with Crippen molar-refractivity contribution in [3.05, 3.63) is 16.3 Å². The van der Waals surface area contributed by atoms with Gasteiger partial charge >= 0.3 is 0 Å². The highest BCUT2D eigenvalue weighted by molar-refractivity contribution is 8.00. The normalized spacial score (nSPS) is 20.6. The Morgan fingerprint density at radius 1 is 1.42 bits per heavy atom. The zero-order valence-corrected chi connectivity index (χ0v) is 13.5. The second-order valence-electron chi connectivity index (χ2n) is 4.58. The van der Waals surface area contributed by atoms with E-state index in [1.165, 1.54) is 24.2 Å². The lowest BCUT2D eigenvalue weighted by Gasteiger charge is -2.21. The Morgan fingerprint density at radius 2 is 2.26 bits per heavy atom. The van der Waals surface area contributed by atoms with Crippen molar-refractivity contribution in [2.24, 2.45) is 0 Å². The Bertz CT molecular complexity index is 493. The minimum Gasteiger partial charge on any atom is -0.315 e. The average Bonchev–Trinajstić information content (AvgIpc) is 2.87. The second-order valence-corrected chi connectivity index (χ2v) is 8.72. The van der Waals surface area contributed by atoms with E-state index in [1.54, 1.807) is 6.07 Å². The fraction of sp³-hybridized carbons (Fsp3) is 0.667. The van der Waals surface area contributed by atoms with Gasteiger partial charge in [0.25, 0.3) is 0 Å². The molecule has 1 unspecified atom stereocenters. The molecule has 0 aromatic carbocycles. The summed E-state index contributed by atoms with van der Waals surface area (Å²) in [6.45, 7) is 1.13. The van der Waals surface area contributed by atoms with Crippen molar-refractivity contribution in [3.8, 4) is 0 Å². The maximum absolute atomic E-state index is 12.3. The van der Waals surface area contributed by atoms with Crippen LogP contribution in [0.3, 0.4) is 0 Å². The lowest BCUT2D eigenvalue weighted by molar-refractivity contribution is 0.573. The molecule has 2 rings (SSSR count). The van der Waals surface area contributed by atoms with Crippen LogP contribution in [-0.2, 0) is 16.6 Å². The van der Waals surface area contributed by atoms with Gasteiger partial charge in [0.15, 0.2) is 0 Å². The lowest BCUT2D eigenvalue weighted by Crippen LogP contribution is -2.32. The van der Waals surface area contributed by atoms with Crippen LogP contribution in [0.25, 0.3) is 0 Å². The Morgan fingerprint density at radius 3 is 2.95 bits per heavy atom. The predicted molar refractivity (Wildman–Crippen MR) is 82.4 cm³/mol. The number of thiophene rings is 1. The average molecular weight is 321 g/mol. The third-order valence-corrected chi connectivity index (χ3v) is 7.06. The summed E-state index contributed by atoms with van der Waals surface area (Å²) in [7, 11) is -1.54. The molecule has 0 spiro atoms. The first kappa shape index (κ1) is 15.3. The van der Waals surface area contributed by atoms with Gasteiger partial charge in [-0.1, -0.05) is 6.42 Å². The molecule has 1 atom stereocenters. The number of hydrogen-bond acceptors (Lipinski definition) is 5. The summed E-state index contributed by atoms with van der Waals surface area (Å²) >= 11 is 3.35. The van der Waals surface area contributed by atoms with E-state index in [0.29, 0.717) is 23.2 Å². The number of sulfonamides is 1. The highest BCUT2D eigenvalue weighted by Crippen LogP contribution is 2.26. The number of nitrogens with one attached hydrogen (secondary N) is 2. The Kier molecular flexibility index (Phi) is 5.70. The summed E-state index contributed by atoms with van der Waals surface area (Å²) in [4.78, 5) is 1.29. The Hall–Kier alpha value is -0.0800. The molecule has 108 valence electrons. The number of rotatable bonds is 6. The molecule has 1 aliphatic heterocycles. The summed E-state index contributed by atoms with van der Waals surface area (Å²) in [5, 5.41) is 5.26. The summed E-state index contributed by atoms with van der Waals surface area (Å²) in [6.07, 6.45) is 3.58. The van der Waals surface area contributed by atoms with Gasteiger partial charge in [-0.05, 0) is 37.1 Å². The minimum absolute atomic E-state index is 0.424. The molecule has 19 heavy (non-hydrogen) atoms. The zero-order valence-electron chi connectivity index (χ0n) is 11.0. The molecule has 0 saturated carbocycles. The van der Waals surface area contributed by atoms with Crippen LogP contribution in [-0.4, -0.2) is 33.0 Å². The summed E-state index contributed by atoms with van der Waals surface area (Å²) in [5.41, 5.74) is 0. The molecule has 1 aliphatic rings. The van der Waals surface area contributed by atoms with Crippen LogP contribution in [0, 0.1) is 0 Å². The van der Waals surface area contributed by atoms with Crippen LogP contribution in [0.1, 0.15) is 24.1 Å². The van der Waals surface area contributed by atoms with Crippen molar-refractivity contribution in [3.63, 3.8) is 0 Å². The standard InChI is InChI=1S/C12H20N2O2S3/c1-13-9-11-12(5-7-18-11)19(15,16)14-8-10-4-2-3-6-17-10/h5,7,10,13-14H,2-4,6,8-9H2,1H3. The van der Waals surface area contributed by atoms with E-state index in [9.17, 15) is 8.42 Å². The molecular weight excluding hydrogens is 300 g/mol. The van der Waals surface area contributed by atoms with Crippen molar-refractivity contribution in [1.29, 1.82) is 0 Å². The molecule has 1 aromatic heterocycles. The van der Waals surface area contributed by atoms with Crippen molar-refractivity contribution < 1.29 is 8.42 Å². The molecular formula is C12H20N2O2S3. The minimum atomic E-state index is -3.36. The van der Waals surface area contributed by atoms with Gasteiger partial charge in [0.1, 0.15) is 0 Å². The maximum Gasteiger partial charge on any atom is 0.241 e. The van der Waals surface area contributed by atoms with Crippen LogP contribution in [0.4, 0.5) is 0 Å². The van der Waals surface area contributed by atoms with E-state index < -0.39 is 10.0 Å². The molecule has 2 N–H and O–H groups in total. The van der Waals surface area contributed by atoms with Gasteiger partial charge in [-0.15, -0.1) is 11.3 Å². The van der Waals surface area contributed by atoms with Gasteiger partial charge in [0.2, 0.25) is 10.0 Å². The van der Waals surface area contributed by atoms with Gasteiger partial charge < -0.3 is 5.32 Å². The Labute approximate surface area is 123 Å². The highest BCUT2D eigenvalue weighted by atomic mass is 32.2. The van der Waals surface area contributed by atoms with Crippen LogP contribution in [0.2, 0.25) is 0 Å². The van der Waals surface area contributed by atoms with Gasteiger partial charge in [0, 0.05) is 23.2 Å². The molecule has 1 saturated heterocycles. The van der Waals surface area contributed by atoms with E-state index in [-0.39, 0.29) is 0 Å². The zero-order chi connectivity index (χ0) is 13.7. The first-order chi connectivity index (χ1) is 9.13. The van der Waals surface area contributed by atoms with Crippen LogP contribution in [0.5, 0.6) is 0 Å². The molecule has 2 heterocycles. The Balaban J connectivity index is 1.98. The molecule has 7 heteroatoms. The van der Waals surface area contributed by atoms with Crippen molar-refractivity contribution in [1.82, 2.24) is 10.0 Å². The van der Waals surface area contributed by atoms with Crippen molar-refractivity contribution in [2.45, 2.75) is 36.0 Å². The van der Waals surface area contributed by atoms with Crippen LogP contribution in [0.15, 0.2) is 16.3 Å². The lowest BCUT2D eigenvalue weighted by atomic mass is 10.2. The first-order valence-electron chi connectivity index (χ1n) is 6.45. The van der Waals surface area contributed by atoms with Crippen molar-refractivity contribution >= 4 is 33.1 Å². The summed E-state index contributed by atoms with van der Waals surface area (Å²) in [6, 6.07) is 1.69. The molecule has 0 aliphatic carbocycles. The molecule has 1 aromatic rings. The fourth-order valence-corrected chi connectivity index (χ4v) is 5.99. The number of thioether (sulfide) groups is 1. The van der Waals surface area contributed by atoms with Crippen molar-refractivity contribution in [2.75, 3.05) is 19.3 Å². The van der Waals surface area contributed by atoms with E-state index in [4.69, 9.17) is 0 Å². The number of hydrogen-bond donors (Lipinski definition) is 2. The first-order valence-corrected chi connectivity index (χ1v) is 9.87. The molecule has 0 bridgehead atoms. The van der Waals surface area contributed by atoms with Gasteiger partial charge in [0.05, 0.1) is 4.90 Å². The quantitative estimate of drug-likeness (QED) is 0.842. The highest BCUT2D eigenvalue weighted by Gasteiger charge is 2.22.